The maximum atomic E-state index is 14.7. The van der Waals surface area contributed by atoms with Gasteiger partial charge in [-0.05, 0) is 116 Å². The molecule has 0 N–H and O–H groups in total. The molecule has 1 aliphatic carbocycles. The quantitative estimate of drug-likeness (QED) is 0.286. The lowest BCUT2D eigenvalue weighted by Gasteiger charge is -2.29. The highest BCUT2D eigenvalue weighted by atomic mass is 35.5. The first-order valence-electron chi connectivity index (χ1n) is 12.8. The van der Waals surface area contributed by atoms with Crippen molar-refractivity contribution in [3.05, 3.63) is 105 Å². The van der Waals surface area contributed by atoms with Crippen LogP contribution in [0.3, 0.4) is 0 Å². The van der Waals surface area contributed by atoms with Crippen molar-refractivity contribution in [3.63, 3.8) is 0 Å². The second-order valence-corrected chi connectivity index (χ2v) is 10.3. The molecule has 0 saturated heterocycles. The Morgan fingerprint density at radius 2 is 1.35 bits per heavy atom. The molecule has 0 spiro atoms. The summed E-state index contributed by atoms with van der Waals surface area (Å²) in [5, 5.41) is 0.119. The van der Waals surface area contributed by atoms with Crippen LogP contribution in [0.2, 0.25) is 5.02 Å². The average Bonchev–Trinajstić information content (AvgIpc) is 2.85. The number of hydrogen-bond donors (Lipinski definition) is 0. The van der Waals surface area contributed by atoms with Gasteiger partial charge in [0.05, 0.1) is 5.02 Å². The average molecular weight is 481 g/mol. The molecule has 4 rings (SSSR count). The monoisotopic (exact) mass is 480 g/mol. The molecular weight excluding hydrogens is 446 g/mol. The van der Waals surface area contributed by atoms with Crippen LogP contribution in [-0.2, 0) is 25.7 Å². The SMILES string of the molecule is CCCc1ccc([C@H]2CC[C@H](CCc3ccc(CCc4ccc(Cl)c(F)c4)c(F)c3)CC2)cc1. The van der Waals surface area contributed by atoms with Gasteiger partial charge in [-0.25, -0.2) is 8.78 Å². The zero-order valence-electron chi connectivity index (χ0n) is 20.1. The summed E-state index contributed by atoms with van der Waals surface area (Å²) >= 11 is 5.74. The lowest BCUT2D eigenvalue weighted by atomic mass is 9.77. The van der Waals surface area contributed by atoms with Gasteiger partial charge in [0.1, 0.15) is 11.6 Å². The second kappa shape index (κ2) is 12.0. The van der Waals surface area contributed by atoms with Crippen LogP contribution in [0.4, 0.5) is 8.78 Å². The van der Waals surface area contributed by atoms with Gasteiger partial charge in [-0.2, -0.15) is 0 Å². The molecule has 0 aliphatic heterocycles. The van der Waals surface area contributed by atoms with Crippen LogP contribution in [0.15, 0.2) is 60.7 Å². The Morgan fingerprint density at radius 1 is 0.706 bits per heavy atom. The van der Waals surface area contributed by atoms with E-state index < -0.39 is 5.82 Å². The lowest BCUT2D eigenvalue weighted by Crippen LogP contribution is -2.14. The van der Waals surface area contributed by atoms with Crippen LogP contribution in [0.25, 0.3) is 0 Å². The smallest absolute Gasteiger partial charge is 0.142 e. The Bertz CT molecular complexity index is 1070. The molecule has 180 valence electrons. The van der Waals surface area contributed by atoms with Crippen LogP contribution in [-0.4, -0.2) is 0 Å². The Kier molecular flexibility index (Phi) is 8.78. The Hall–Kier alpha value is -2.19. The van der Waals surface area contributed by atoms with Gasteiger partial charge in [0.2, 0.25) is 0 Å². The number of rotatable bonds is 9. The number of halogens is 3. The number of benzene rings is 3. The molecule has 1 saturated carbocycles. The molecule has 3 heteroatoms. The van der Waals surface area contributed by atoms with Crippen LogP contribution < -0.4 is 0 Å². The minimum absolute atomic E-state index is 0.119. The van der Waals surface area contributed by atoms with Crippen molar-refractivity contribution in [1.29, 1.82) is 0 Å². The van der Waals surface area contributed by atoms with Crippen molar-refractivity contribution in [1.82, 2.24) is 0 Å². The molecule has 0 aromatic heterocycles. The standard InChI is InChI=1S/C31H35ClF2/c1-2-3-22-6-13-26(14-7-22)27-15-8-23(9-16-27)4-5-24-10-17-28(30(33)20-24)18-11-25-12-19-29(32)31(34)21-25/h6-7,10,12-14,17,19-21,23,27H,2-5,8-9,11,15-16,18H2,1H3/t23-,27-. The molecule has 1 fully saturated rings. The first-order chi connectivity index (χ1) is 16.5. The van der Waals surface area contributed by atoms with E-state index in [0.29, 0.717) is 24.3 Å². The van der Waals surface area contributed by atoms with E-state index in [1.165, 1.54) is 49.3 Å². The molecule has 0 bridgehead atoms. The van der Waals surface area contributed by atoms with Crippen molar-refractivity contribution >= 4 is 11.6 Å². The normalized spacial score (nSPS) is 18.2. The molecular formula is C31H35ClF2. The zero-order valence-corrected chi connectivity index (χ0v) is 20.9. The van der Waals surface area contributed by atoms with E-state index in [2.05, 4.69) is 37.3 Å². The Labute approximate surface area is 208 Å². The molecule has 0 amide bonds. The summed E-state index contributed by atoms with van der Waals surface area (Å²) in [6, 6.07) is 19.7. The summed E-state index contributed by atoms with van der Waals surface area (Å²) in [6.07, 6.45) is 10.6. The molecule has 3 aromatic rings. The summed E-state index contributed by atoms with van der Waals surface area (Å²) in [4.78, 5) is 0. The molecule has 0 heterocycles. The van der Waals surface area contributed by atoms with Gasteiger partial charge in [-0.1, -0.05) is 67.4 Å². The molecule has 1 aliphatic rings. The molecule has 34 heavy (non-hydrogen) atoms. The van der Waals surface area contributed by atoms with E-state index in [4.69, 9.17) is 11.6 Å². The zero-order chi connectivity index (χ0) is 23.9. The lowest BCUT2D eigenvalue weighted by molar-refractivity contribution is 0.310. The molecule has 0 radical (unpaired) electrons. The topological polar surface area (TPSA) is 0 Å². The summed E-state index contributed by atoms with van der Waals surface area (Å²) in [5.74, 6) is 0.854. The van der Waals surface area contributed by atoms with Gasteiger partial charge in [0, 0.05) is 0 Å². The fourth-order valence-corrected chi connectivity index (χ4v) is 5.44. The molecule has 0 atom stereocenters. The van der Waals surface area contributed by atoms with Gasteiger partial charge in [-0.3, -0.25) is 0 Å². The fourth-order valence-electron chi connectivity index (χ4n) is 5.32. The van der Waals surface area contributed by atoms with Crippen LogP contribution in [0, 0.1) is 17.6 Å². The Morgan fingerprint density at radius 3 is 2.03 bits per heavy atom. The van der Waals surface area contributed by atoms with Crippen LogP contribution in [0.1, 0.15) is 79.2 Å². The fraction of sp³-hybridized carbons (Fsp3) is 0.419. The van der Waals surface area contributed by atoms with Crippen molar-refractivity contribution in [3.8, 4) is 0 Å². The van der Waals surface area contributed by atoms with E-state index >= 15 is 0 Å². The van der Waals surface area contributed by atoms with E-state index in [9.17, 15) is 8.78 Å². The summed E-state index contributed by atoms with van der Waals surface area (Å²) in [6.45, 7) is 2.23. The van der Waals surface area contributed by atoms with E-state index in [1.807, 2.05) is 6.07 Å². The summed E-state index contributed by atoms with van der Waals surface area (Å²) < 4.78 is 28.3. The highest BCUT2D eigenvalue weighted by Gasteiger charge is 2.22. The second-order valence-electron chi connectivity index (χ2n) is 9.92. The summed E-state index contributed by atoms with van der Waals surface area (Å²) in [7, 11) is 0. The highest BCUT2D eigenvalue weighted by Crippen LogP contribution is 2.37. The third kappa shape index (κ3) is 6.69. The van der Waals surface area contributed by atoms with Gasteiger partial charge in [-0.15, -0.1) is 0 Å². The van der Waals surface area contributed by atoms with Gasteiger partial charge in [0.25, 0.3) is 0 Å². The molecule has 3 aromatic carbocycles. The van der Waals surface area contributed by atoms with Crippen LogP contribution in [0.5, 0.6) is 0 Å². The largest absolute Gasteiger partial charge is 0.207 e. The van der Waals surface area contributed by atoms with E-state index in [-0.39, 0.29) is 10.8 Å². The number of aryl methyl sites for hydroxylation is 4. The summed E-state index contributed by atoms with van der Waals surface area (Å²) in [5.41, 5.74) is 5.53. The van der Waals surface area contributed by atoms with Gasteiger partial charge >= 0.3 is 0 Å². The van der Waals surface area contributed by atoms with Crippen molar-refractivity contribution in [2.75, 3.05) is 0 Å². The predicted molar refractivity (Wildman–Crippen MR) is 139 cm³/mol. The van der Waals surface area contributed by atoms with E-state index in [0.717, 1.165) is 36.3 Å². The minimum atomic E-state index is -0.422. The molecule has 0 unspecified atom stereocenters. The van der Waals surface area contributed by atoms with Gasteiger partial charge < -0.3 is 0 Å². The number of hydrogen-bond acceptors (Lipinski definition) is 0. The molecule has 0 nitrogen and oxygen atoms in total. The van der Waals surface area contributed by atoms with Crippen molar-refractivity contribution < 1.29 is 8.78 Å². The third-order valence-corrected chi connectivity index (χ3v) is 7.77. The van der Waals surface area contributed by atoms with Gasteiger partial charge in [0.15, 0.2) is 0 Å². The van der Waals surface area contributed by atoms with Crippen molar-refractivity contribution in [2.24, 2.45) is 5.92 Å². The highest BCUT2D eigenvalue weighted by molar-refractivity contribution is 6.30. The van der Waals surface area contributed by atoms with Crippen LogP contribution >= 0.6 is 11.6 Å². The third-order valence-electron chi connectivity index (χ3n) is 7.46. The Balaban J connectivity index is 1.23. The minimum Gasteiger partial charge on any atom is -0.207 e. The maximum absolute atomic E-state index is 14.7. The first kappa shape index (κ1) is 24.9. The maximum Gasteiger partial charge on any atom is 0.142 e. The van der Waals surface area contributed by atoms with E-state index in [1.54, 1.807) is 18.2 Å². The van der Waals surface area contributed by atoms with Crippen molar-refractivity contribution in [2.45, 2.75) is 77.0 Å². The predicted octanol–water partition coefficient (Wildman–Crippen LogP) is 9.26. The first-order valence-corrected chi connectivity index (χ1v) is 13.2.